The maximum Gasteiger partial charge on any atom is 0.0465 e. The van der Waals surface area contributed by atoms with Crippen LogP contribution in [0.5, 0.6) is 0 Å². The number of nitrogens with zero attached hydrogens (tertiary/aromatic N) is 1. The van der Waals surface area contributed by atoms with Crippen molar-refractivity contribution < 1.29 is 0 Å². The normalized spacial score (nSPS) is 14.6. The van der Waals surface area contributed by atoms with Crippen molar-refractivity contribution in [3.8, 4) is 33.4 Å². The lowest BCUT2D eigenvalue weighted by atomic mass is 9.79. The predicted molar refractivity (Wildman–Crippen MR) is 217 cm³/mol. The van der Waals surface area contributed by atoms with Crippen molar-refractivity contribution in [1.82, 2.24) is 0 Å². The zero-order valence-electron chi connectivity index (χ0n) is 29.5. The topological polar surface area (TPSA) is 3.24 Å². The first kappa shape index (κ1) is 29.9. The van der Waals surface area contributed by atoms with Gasteiger partial charge in [0.25, 0.3) is 0 Å². The number of anilines is 3. The molecular formula is C50H39N. The molecule has 0 aromatic heterocycles. The standard InChI is InChI=1S/C50H39N/c1-49(2)44-21-13-12-18-39(44)40-28-26-35(30-45(40)49)51(34-24-22-33(23-25-34)32-14-6-5-7-15-32)36-27-29-43-46(31-36)50(3,4)48-42-20-11-9-17-38(42)37-16-8-10-19-41(37)47(43)48/h5-31H,1-4H3. The van der Waals surface area contributed by atoms with E-state index >= 15 is 0 Å². The Morgan fingerprint density at radius 3 is 1.55 bits per heavy atom. The summed E-state index contributed by atoms with van der Waals surface area (Å²) in [7, 11) is 0. The lowest BCUT2D eigenvalue weighted by Crippen LogP contribution is -2.18. The van der Waals surface area contributed by atoms with E-state index in [9.17, 15) is 0 Å². The molecule has 0 bridgehead atoms. The van der Waals surface area contributed by atoms with Crippen molar-refractivity contribution in [2.45, 2.75) is 38.5 Å². The van der Waals surface area contributed by atoms with Gasteiger partial charge in [0.2, 0.25) is 0 Å². The second kappa shape index (κ2) is 10.8. The predicted octanol–water partition coefficient (Wildman–Crippen LogP) is 13.7. The summed E-state index contributed by atoms with van der Waals surface area (Å²) in [5.74, 6) is 0. The quantitative estimate of drug-likeness (QED) is 0.171. The van der Waals surface area contributed by atoms with Gasteiger partial charge in [0.15, 0.2) is 0 Å². The van der Waals surface area contributed by atoms with Crippen LogP contribution in [0, 0.1) is 0 Å². The van der Waals surface area contributed by atoms with E-state index in [0.717, 1.165) is 5.69 Å². The fourth-order valence-corrected chi connectivity index (χ4v) is 9.32. The molecule has 0 saturated heterocycles. The molecule has 0 unspecified atom stereocenters. The van der Waals surface area contributed by atoms with Gasteiger partial charge in [0.05, 0.1) is 0 Å². The highest BCUT2D eigenvalue weighted by Crippen LogP contribution is 2.56. The molecule has 1 nitrogen and oxygen atoms in total. The van der Waals surface area contributed by atoms with E-state index in [2.05, 4.69) is 196 Å². The SMILES string of the molecule is CC1(C)c2ccccc2-c2ccc(N(c3ccc(-c4ccccc4)cc3)c3ccc4c(c3)C(C)(C)c3c-4c4ccccc4c4ccccc34)cc21. The average Bonchev–Trinajstić information content (AvgIpc) is 3.55. The van der Waals surface area contributed by atoms with Crippen LogP contribution in [-0.4, -0.2) is 0 Å². The maximum atomic E-state index is 2.47. The molecule has 8 aromatic rings. The summed E-state index contributed by atoms with van der Waals surface area (Å²) < 4.78 is 0. The third kappa shape index (κ3) is 4.28. The van der Waals surface area contributed by atoms with E-state index in [1.54, 1.807) is 0 Å². The molecule has 0 amide bonds. The van der Waals surface area contributed by atoms with Gasteiger partial charge in [-0.25, -0.2) is 0 Å². The molecule has 1 heteroatoms. The van der Waals surface area contributed by atoms with E-state index in [1.165, 1.54) is 88.6 Å². The van der Waals surface area contributed by atoms with Gasteiger partial charge in [0.1, 0.15) is 0 Å². The molecule has 0 fully saturated rings. The molecule has 2 aliphatic rings. The Balaban J connectivity index is 1.18. The molecule has 2 aliphatic carbocycles. The van der Waals surface area contributed by atoms with Gasteiger partial charge in [-0.3, -0.25) is 0 Å². The molecule has 0 saturated carbocycles. The van der Waals surface area contributed by atoms with Crippen molar-refractivity contribution >= 4 is 38.6 Å². The lowest BCUT2D eigenvalue weighted by molar-refractivity contribution is 0.660. The molecule has 0 atom stereocenters. The van der Waals surface area contributed by atoms with Crippen LogP contribution in [0.1, 0.15) is 49.9 Å². The van der Waals surface area contributed by atoms with Crippen LogP contribution in [0.25, 0.3) is 54.9 Å². The third-order valence-corrected chi connectivity index (χ3v) is 11.8. The summed E-state index contributed by atoms with van der Waals surface area (Å²) in [6.07, 6.45) is 0. The van der Waals surface area contributed by atoms with Crippen LogP contribution in [-0.2, 0) is 10.8 Å². The molecular weight excluding hydrogens is 615 g/mol. The Labute approximate surface area is 300 Å². The van der Waals surface area contributed by atoms with Crippen LogP contribution in [0.3, 0.4) is 0 Å². The first-order valence-electron chi connectivity index (χ1n) is 18.1. The monoisotopic (exact) mass is 653 g/mol. The molecule has 8 aromatic carbocycles. The number of hydrogen-bond acceptors (Lipinski definition) is 1. The molecule has 0 spiro atoms. The van der Waals surface area contributed by atoms with Crippen molar-refractivity contribution in [3.05, 3.63) is 186 Å². The fraction of sp³-hybridized carbons (Fsp3) is 0.120. The summed E-state index contributed by atoms with van der Waals surface area (Å²) in [6.45, 7) is 9.56. The van der Waals surface area contributed by atoms with E-state index in [4.69, 9.17) is 0 Å². The molecule has 10 rings (SSSR count). The summed E-state index contributed by atoms with van der Waals surface area (Å²) in [5.41, 5.74) is 16.6. The van der Waals surface area contributed by atoms with Crippen LogP contribution in [0.15, 0.2) is 164 Å². The van der Waals surface area contributed by atoms with Gasteiger partial charge in [-0.2, -0.15) is 0 Å². The highest BCUT2D eigenvalue weighted by molar-refractivity contribution is 6.18. The van der Waals surface area contributed by atoms with E-state index in [0.29, 0.717) is 0 Å². The van der Waals surface area contributed by atoms with Crippen molar-refractivity contribution in [1.29, 1.82) is 0 Å². The minimum Gasteiger partial charge on any atom is -0.310 e. The van der Waals surface area contributed by atoms with Crippen molar-refractivity contribution in [3.63, 3.8) is 0 Å². The second-order valence-corrected chi connectivity index (χ2v) is 15.3. The van der Waals surface area contributed by atoms with Gasteiger partial charge in [0, 0.05) is 27.9 Å². The van der Waals surface area contributed by atoms with Gasteiger partial charge >= 0.3 is 0 Å². The van der Waals surface area contributed by atoms with Crippen LogP contribution in [0.2, 0.25) is 0 Å². The largest absolute Gasteiger partial charge is 0.310 e. The highest BCUT2D eigenvalue weighted by atomic mass is 15.1. The van der Waals surface area contributed by atoms with Gasteiger partial charge in [-0.1, -0.05) is 155 Å². The minimum absolute atomic E-state index is 0.0888. The van der Waals surface area contributed by atoms with Crippen LogP contribution >= 0.6 is 0 Å². The molecule has 0 radical (unpaired) electrons. The van der Waals surface area contributed by atoms with E-state index in [-0.39, 0.29) is 10.8 Å². The number of hydrogen-bond donors (Lipinski definition) is 0. The van der Waals surface area contributed by atoms with Crippen LogP contribution in [0.4, 0.5) is 17.1 Å². The fourth-order valence-electron chi connectivity index (χ4n) is 9.32. The first-order chi connectivity index (χ1) is 24.8. The Kier molecular flexibility index (Phi) is 6.34. The molecule has 0 N–H and O–H groups in total. The lowest BCUT2D eigenvalue weighted by Gasteiger charge is -2.30. The third-order valence-electron chi connectivity index (χ3n) is 11.8. The molecule has 0 heterocycles. The molecule has 51 heavy (non-hydrogen) atoms. The number of rotatable bonds is 4. The zero-order chi connectivity index (χ0) is 34.5. The molecule has 0 aliphatic heterocycles. The van der Waals surface area contributed by atoms with Gasteiger partial charge in [-0.05, 0) is 114 Å². The average molecular weight is 654 g/mol. The second-order valence-electron chi connectivity index (χ2n) is 15.3. The van der Waals surface area contributed by atoms with E-state index in [1.807, 2.05) is 0 Å². The molecule has 244 valence electrons. The number of benzene rings is 8. The minimum atomic E-state index is -0.186. The van der Waals surface area contributed by atoms with Gasteiger partial charge < -0.3 is 4.90 Å². The van der Waals surface area contributed by atoms with Gasteiger partial charge in [-0.15, -0.1) is 0 Å². The summed E-state index contributed by atoms with van der Waals surface area (Å²) in [4.78, 5) is 2.46. The highest BCUT2D eigenvalue weighted by Gasteiger charge is 2.39. The summed E-state index contributed by atoms with van der Waals surface area (Å²) in [5, 5.41) is 5.33. The van der Waals surface area contributed by atoms with Crippen molar-refractivity contribution in [2.75, 3.05) is 4.90 Å². The summed E-state index contributed by atoms with van der Waals surface area (Å²) in [6, 6.07) is 60.9. The Bertz CT molecular complexity index is 2680. The first-order valence-corrected chi connectivity index (χ1v) is 18.1. The Morgan fingerprint density at radius 2 is 0.843 bits per heavy atom. The Morgan fingerprint density at radius 1 is 0.353 bits per heavy atom. The van der Waals surface area contributed by atoms with Crippen molar-refractivity contribution in [2.24, 2.45) is 0 Å². The summed E-state index contributed by atoms with van der Waals surface area (Å²) >= 11 is 0. The number of fused-ring (bicyclic) bond motifs is 11. The van der Waals surface area contributed by atoms with E-state index < -0.39 is 0 Å². The Hall–Kier alpha value is -5.92. The smallest absolute Gasteiger partial charge is 0.0465 e. The maximum absolute atomic E-state index is 2.47. The van der Waals surface area contributed by atoms with Crippen LogP contribution < -0.4 is 4.90 Å². The zero-order valence-corrected chi connectivity index (χ0v) is 29.5.